The van der Waals surface area contributed by atoms with Crippen LogP contribution in [0, 0.1) is 0 Å². The number of esters is 1. The Morgan fingerprint density at radius 1 is 0.853 bits per heavy atom. The molecule has 2 rings (SSSR count). The molecule has 0 aliphatic rings. The summed E-state index contributed by atoms with van der Waals surface area (Å²) >= 11 is 5.93. The van der Waals surface area contributed by atoms with Crippen LogP contribution in [0.5, 0.6) is 5.75 Å². The van der Waals surface area contributed by atoms with Crippen LogP contribution in [0.3, 0.4) is 0 Å². The minimum atomic E-state index is -0.999. The van der Waals surface area contributed by atoms with Gasteiger partial charge in [-0.1, -0.05) is 35.9 Å². The summed E-state index contributed by atoms with van der Waals surface area (Å²) in [6, 6.07) is 12.1. The van der Waals surface area contributed by atoms with E-state index >= 15 is 0 Å². The number of amides is 2. The number of carbonyl (C=O) groups is 3. The minimum Gasteiger partial charge on any atom is -0.497 e. The summed E-state index contributed by atoms with van der Waals surface area (Å²) in [6.07, 6.45) is -0.380. The molecule has 0 aromatic heterocycles. The Hall–Kier alpha value is -3.26. The molecule has 8 nitrogen and oxygen atoms in total. The average molecular weight is 491 g/mol. The number of benzene rings is 2. The molecule has 34 heavy (non-hydrogen) atoms. The summed E-state index contributed by atoms with van der Waals surface area (Å²) < 4.78 is 15.4. The number of nitrogens with one attached hydrogen (secondary N) is 2. The molecule has 0 bridgehead atoms. The van der Waals surface area contributed by atoms with E-state index in [2.05, 4.69) is 10.6 Å². The summed E-state index contributed by atoms with van der Waals surface area (Å²) in [5.41, 5.74) is 0.824. The summed E-state index contributed by atoms with van der Waals surface area (Å²) in [6.45, 7) is 5.18. The number of halogens is 1. The second-order valence-electron chi connectivity index (χ2n) is 8.67. The molecule has 2 aromatic carbocycles. The molecule has 0 radical (unpaired) electrons. The molecule has 2 amide bonds. The third-order valence-corrected chi connectivity index (χ3v) is 5.01. The third kappa shape index (κ3) is 8.94. The molecule has 2 unspecified atom stereocenters. The molecule has 0 aliphatic heterocycles. The van der Waals surface area contributed by atoms with Crippen molar-refractivity contribution in [1.82, 2.24) is 10.6 Å². The van der Waals surface area contributed by atoms with Crippen LogP contribution in [0.1, 0.15) is 31.9 Å². The largest absolute Gasteiger partial charge is 0.497 e. The smallest absolute Gasteiger partial charge is 0.408 e. The summed E-state index contributed by atoms with van der Waals surface area (Å²) in [7, 11) is 2.81. The molecule has 0 spiro atoms. The molecule has 0 aliphatic carbocycles. The molecule has 0 fully saturated rings. The molecule has 2 N–H and O–H groups in total. The highest BCUT2D eigenvalue weighted by Crippen LogP contribution is 2.15. The number of ether oxygens (including phenoxy) is 3. The van der Waals surface area contributed by atoms with E-state index in [0.29, 0.717) is 10.8 Å². The predicted molar refractivity (Wildman–Crippen MR) is 129 cm³/mol. The molecule has 2 atom stereocenters. The van der Waals surface area contributed by atoms with Crippen LogP contribution >= 0.6 is 11.6 Å². The third-order valence-electron chi connectivity index (χ3n) is 4.76. The van der Waals surface area contributed by atoms with E-state index in [1.165, 1.54) is 7.11 Å². The van der Waals surface area contributed by atoms with Gasteiger partial charge in [0, 0.05) is 17.9 Å². The fraction of sp³-hybridized carbons (Fsp3) is 0.400. The number of hydrogen-bond donors (Lipinski definition) is 2. The highest BCUT2D eigenvalue weighted by molar-refractivity contribution is 6.30. The van der Waals surface area contributed by atoms with E-state index < -0.39 is 35.7 Å². The second-order valence-corrected chi connectivity index (χ2v) is 9.10. The van der Waals surface area contributed by atoms with Gasteiger partial charge in [-0.15, -0.1) is 0 Å². The van der Waals surface area contributed by atoms with E-state index in [9.17, 15) is 14.4 Å². The predicted octanol–water partition coefficient (Wildman–Crippen LogP) is 3.68. The minimum absolute atomic E-state index is 0.171. The van der Waals surface area contributed by atoms with Gasteiger partial charge in [0.25, 0.3) is 0 Å². The van der Waals surface area contributed by atoms with Crippen LogP contribution in [-0.4, -0.2) is 49.9 Å². The number of alkyl carbamates (subject to hydrolysis) is 1. The Labute approximate surface area is 204 Å². The van der Waals surface area contributed by atoms with Crippen molar-refractivity contribution < 1.29 is 28.6 Å². The molecular weight excluding hydrogens is 460 g/mol. The van der Waals surface area contributed by atoms with Gasteiger partial charge >= 0.3 is 12.1 Å². The lowest BCUT2D eigenvalue weighted by atomic mass is 10.0. The highest BCUT2D eigenvalue weighted by atomic mass is 35.5. The fourth-order valence-corrected chi connectivity index (χ4v) is 3.25. The van der Waals surface area contributed by atoms with Crippen molar-refractivity contribution in [3.8, 4) is 5.75 Å². The lowest BCUT2D eigenvalue weighted by Gasteiger charge is -2.25. The summed E-state index contributed by atoms with van der Waals surface area (Å²) in [4.78, 5) is 38.0. The zero-order valence-electron chi connectivity index (χ0n) is 20.0. The summed E-state index contributed by atoms with van der Waals surface area (Å²) in [5, 5.41) is 5.87. The maximum atomic E-state index is 13.2. The molecule has 184 valence electrons. The van der Waals surface area contributed by atoms with Crippen molar-refractivity contribution >= 4 is 29.6 Å². The van der Waals surface area contributed by atoms with Crippen LogP contribution in [0.15, 0.2) is 48.5 Å². The van der Waals surface area contributed by atoms with Crippen LogP contribution in [0.2, 0.25) is 5.02 Å². The Kier molecular flexibility index (Phi) is 9.74. The standard InChI is InChI=1S/C25H31ClN2O6/c1-25(2,3)34-24(31)28-20(14-17-8-12-19(32-4)13-9-17)22(29)27-21(23(30)33-5)15-16-6-10-18(26)11-7-16/h6-13,20-21H,14-15H2,1-5H3,(H,27,29)(H,28,31). The molecule has 9 heteroatoms. The van der Waals surface area contributed by atoms with Crippen LogP contribution in [0.4, 0.5) is 4.79 Å². The van der Waals surface area contributed by atoms with Crippen molar-refractivity contribution in [2.75, 3.05) is 14.2 Å². The van der Waals surface area contributed by atoms with Crippen LogP contribution < -0.4 is 15.4 Å². The van der Waals surface area contributed by atoms with Gasteiger partial charge in [-0.3, -0.25) is 4.79 Å². The van der Waals surface area contributed by atoms with Crippen molar-refractivity contribution in [2.24, 2.45) is 0 Å². The number of rotatable bonds is 9. The second kappa shape index (κ2) is 12.3. The van der Waals surface area contributed by atoms with E-state index in [4.69, 9.17) is 25.8 Å². The molecular formula is C25H31ClN2O6. The molecule has 0 saturated heterocycles. The number of methoxy groups -OCH3 is 2. The Balaban J connectivity index is 2.22. The fourth-order valence-electron chi connectivity index (χ4n) is 3.12. The van der Waals surface area contributed by atoms with Crippen molar-refractivity contribution in [3.63, 3.8) is 0 Å². The van der Waals surface area contributed by atoms with Gasteiger partial charge in [0.1, 0.15) is 23.4 Å². The van der Waals surface area contributed by atoms with Gasteiger partial charge < -0.3 is 24.8 Å². The first-order chi connectivity index (χ1) is 16.0. The van der Waals surface area contributed by atoms with E-state index in [-0.39, 0.29) is 12.8 Å². The van der Waals surface area contributed by atoms with Gasteiger partial charge in [0.15, 0.2) is 0 Å². The maximum absolute atomic E-state index is 13.2. The Bertz CT molecular complexity index is 970. The van der Waals surface area contributed by atoms with Gasteiger partial charge in [0.05, 0.1) is 14.2 Å². The van der Waals surface area contributed by atoms with Crippen molar-refractivity contribution in [1.29, 1.82) is 0 Å². The van der Waals surface area contributed by atoms with Crippen molar-refractivity contribution in [2.45, 2.75) is 51.3 Å². The average Bonchev–Trinajstić information content (AvgIpc) is 2.78. The SMILES string of the molecule is COC(=O)C(Cc1ccc(Cl)cc1)NC(=O)C(Cc1ccc(OC)cc1)NC(=O)OC(C)(C)C. The quantitative estimate of drug-likeness (QED) is 0.520. The van der Waals surface area contributed by atoms with Crippen LogP contribution in [-0.2, 0) is 31.9 Å². The number of hydrogen-bond acceptors (Lipinski definition) is 6. The molecule has 0 saturated carbocycles. The maximum Gasteiger partial charge on any atom is 0.408 e. The van der Waals surface area contributed by atoms with E-state index in [0.717, 1.165) is 11.1 Å². The first-order valence-electron chi connectivity index (χ1n) is 10.8. The van der Waals surface area contributed by atoms with Gasteiger partial charge in [0.2, 0.25) is 5.91 Å². The first kappa shape index (κ1) is 27.0. The Morgan fingerprint density at radius 3 is 1.88 bits per heavy atom. The zero-order valence-corrected chi connectivity index (χ0v) is 20.8. The first-order valence-corrected chi connectivity index (χ1v) is 11.1. The van der Waals surface area contributed by atoms with Crippen molar-refractivity contribution in [3.05, 3.63) is 64.7 Å². The zero-order chi connectivity index (χ0) is 25.3. The normalized spacial score (nSPS) is 12.8. The number of carbonyl (C=O) groups excluding carboxylic acids is 3. The highest BCUT2D eigenvalue weighted by Gasteiger charge is 2.29. The Morgan fingerprint density at radius 2 is 1.38 bits per heavy atom. The molecule has 2 aromatic rings. The summed E-state index contributed by atoms with van der Waals surface area (Å²) in [5.74, 6) is -0.492. The van der Waals surface area contributed by atoms with E-state index in [1.54, 1.807) is 76.4 Å². The van der Waals surface area contributed by atoms with Gasteiger partial charge in [-0.2, -0.15) is 0 Å². The monoisotopic (exact) mass is 490 g/mol. The van der Waals surface area contributed by atoms with Gasteiger partial charge in [-0.25, -0.2) is 9.59 Å². The lowest BCUT2D eigenvalue weighted by Crippen LogP contribution is -2.53. The lowest BCUT2D eigenvalue weighted by molar-refractivity contribution is -0.145. The topological polar surface area (TPSA) is 103 Å². The van der Waals surface area contributed by atoms with Gasteiger partial charge in [-0.05, 0) is 56.2 Å². The van der Waals surface area contributed by atoms with Crippen LogP contribution in [0.25, 0.3) is 0 Å². The van der Waals surface area contributed by atoms with E-state index in [1.807, 2.05) is 0 Å². The molecule has 0 heterocycles.